The molecule has 0 bridgehead atoms. The van der Waals surface area contributed by atoms with Gasteiger partial charge in [-0.1, -0.05) is 0 Å². The summed E-state index contributed by atoms with van der Waals surface area (Å²) in [5.41, 5.74) is 9.74. The third-order valence-corrected chi connectivity index (χ3v) is 1.09. The Bertz CT molecular complexity index is 117. The average Bonchev–Trinajstić information content (AvgIpc) is 1.85. The summed E-state index contributed by atoms with van der Waals surface area (Å²) in [6, 6.07) is 0. The molecule has 60 valence electrons. The molecular weight excluding hydrogens is 136 g/mol. The molecule has 0 aliphatic rings. The Morgan fingerprint density at radius 1 is 1.80 bits per heavy atom. The first-order valence-corrected chi connectivity index (χ1v) is 2.92. The van der Waals surface area contributed by atoms with Crippen LogP contribution in [0.4, 0.5) is 4.79 Å². The van der Waals surface area contributed by atoms with Gasteiger partial charge in [-0.05, 0) is 6.92 Å². The topological polar surface area (TPSA) is 98.6 Å². The van der Waals surface area contributed by atoms with E-state index < -0.39 is 18.3 Å². The molecule has 0 rings (SSSR count). The lowest BCUT2D eigenvalue weighted by Crippen LogP contribution is -2.35. The van der Waals surface area contributed by atoms with Crippen molar-refractivity contribution in [2.45, 2.75) is 19.1 Å². The molecule has 1 unspecified atom stereocenters. The minimum absolute atomic E-state index is 0.0500. The first kappa shape index (κ1) is 9.19. The van der Waals surface area contributed by atoms with E-state index in [9.17, 15) is 4.79 Å². The van der Waals surface area contributed by atoms with Gasteiger partial charge < -0.3 is 21.3 Å². The Morgan fingerprint density at radius 3 is 2.60 bits per heavy atom. The van der Waals surface area contributed by atoms with Crippen molar-refractivity contribution in [2.24, 2.45) is 11.5 Å². The zero-order valence-corrected chi connectivity index (χ0v) is 5.78. The molecule has 10 heavy (non-hydrogen) atoms. The van der Waals surface area contributed by atoms with E-state index in [-0.39, 0.29) is 6.54 Å². The summed E-state index contributed by atoms with van der Waals surface area (Å²) >= 11 is 0. The fourth-order valence-corrected chi connectivity index (χ4v) is 0.453. The highest BCUT2D eigenvalue weighted by atomic mass is 16.6. The Morgan fingerprint density at radius 2 is 2.30 bits per heavy atom. The second-order valence-electron chi connectivity index (χ2n) is 1.95. The maximum Gasteiger partial charge on any atom is 0.404 e. The molecule has 0 spiro atoms. The number of hydrogen-bond acceptors (Lipinski definition) is 4. The van der Waals surface area contributed by atoms with Gasteiger partial charge in [0.25, 0.3) is 0 Å². The van der Waals surface area contributed by atoms with Crippen molar-refractivity contribution in [1.29, 1.82) is 0 Å². The van der Waals surface area contributed by atoms with E-state index in [1.807, 2.05) is 0 Å². The van der Waals surface area contributed by atoms with Crippen molar-refractivity contribution in [3.8, 4) is 0 Å². The number of ether oxygens (including phenoxy) is 1. The number of primary amides is 1. The number of amides is 1. The van der Waals surface area contributed by atoms with Gasteiger partial charge in [0, 0.05) is 6.54 Å². The van der Waals surface area contributed by atoms with Crippen LogP contribution in [0.2, 0.25) is 0 Å². The molecule has 0 aromatic carbocycles. The minimum atomic E-state index is -0.903. The molecule has 0 aromatic rings. The van der Waals surface area contributed by atoms with E-state index in [0.29, 0.717) is 0 Å². The maximum absolute atomic E-state index is 10.1. The Kier molecular flexibility index (Phi) is 3.75. The van der Waals surface area contributed by atoms with E-state index in [4.69, 9.17) is 10.8 Å². The van der Waals surface area contributed by atoms with Gasteiger partial charge in [-0.15, -0.1) is 0 Å². The Hall–Kier alpha value is -0.810. The molecule has 0 saturated carbocycles. The lowest BCUT2D eigenvalue weighted by Gasteiger charge is -2.15. The molecule has 0 fully saturated rings. The largest absolute Gasteiger partial charge is 0.444 e. The van der Waals surface area contributed by atoms with Gasteiger partial charge in [0.2, 0.25) is 0 Å². The lowest BCUT2D eigenvalue weighted by atomic mass is 10.2. The van der Waals surface area contributed by atoms with Crippen molar-refractivity contribution in [3.05, 3.63) is 0 Å². The lowest BCUT2D eigenvalue weighted by molar-refractivity contribution is 0.0217. The SMILES string of the molecule is C[C@H](OC(N)=O)C(O)CN. The predicted octanol–water partition coefficient (Wildman–Crippen LogP) is -1.21. The molecule has 5 N–H and O–H groups in total. The number of aliphatic hydroxyl groups excluding tert-OH is 1. The van der Waals surface area contributed by atoms with Gasteiger partial charge in [-0.3, -0.25) is 0 Å². The third-order valence-electron chi connectivity index (χ3n) is 1.09. The summed E-state index contributed by atoms with van der Waals surface area (Å²) in [7, 11) is 0. The van der Waals surface area contributed by atoms with E-state index in [1.54, 1.807) is 0 Å². The quantitative estimate of drug-likeness (QED) is 0.467. The van der Waals surface area contributed by atoms with E-state index >= 15 is 0 Å². The van der Waals surface area contributed by atoms with Crippen LogP contribution in [-0.2, 0) is 4.74 Å². The van der Waals surface area contributed by atoms with E-state index in [1.165, 1.54) is 6.92 Å². The predicted molar refractivity (Wildman–Crippen MR) is 35.2 cm³/mol. The van der Waals surface area contributed by atoms with Gasteiger partial charge in [0.15, 0.2) is 0 Å². The van der Waals surface area contributed by atoms with E-state index in [0.717, 1.165) is 0 Å². The van der Waals surface area contributed by atoms with Crippen LogP contribution in [0, 0.1) is 0 Å². The van der Waals surface area contributed by atoms with Crippen molar-refractivity contribution in [1.82, 2.24) is 0 Å². The van der Waals surface area contributed by atoms with Crippen LogP contribution in [0.25, 0.3) is 0 Å². The maximum atomic E-state index is 10.1. The van der Waals surface area contributed by atoms with Gasteiger partial charge in [-0.2, -0.15) is 0 Å². The van der Waals surface area contributed by atoms with Crippen molar-refractivity contribution < 1.29 is 14.6 Å². The van der Waals surface area contributed by atoms with E-state index in [2.05, 4.69) is 10.5 Å². The molecule has 0 heterocycles. The van der Waals surface area contributed by atoms with Crippen LogP contribution in [0.15, 0.2) is 0 Å². The van der Waals surface area contributed by atoms with Crippen LogP contribution in [0.3, 0.4) is 0 Å². The highest BCUT2D eigenvalue weighted by molar-refractivity contribution is 5.64. The highest BCUT2D eigenvalue weighted by Gasteiger charge is 2.14. The van der Waals surface area contributed by atoms with Crippen LogP contribution in [-0.4, -0.2) is 30.0 Å². The summed E-state index contributed by atoms with van der Waals surface area (Å²) in [6.45, 7) is 1.57. The number of nitrogens with two attached hydrogens (primary N) is 2. The molecule has 5 nitrogen and oxygen atoms in total. The standard InChI is InChI=1S/C5H12N2O3/c1-3(4(8)2-6)10-5(7)9/h3-4,8H,2,6H2,1H3,(H2,7,9)/t3-,4?/m0/s1. The number of carbonyl (C=O) groups excluding carboxylic acids is 1. The first-order valence-electron chi connectivity index (χ1n) is 2.92. The summed E-state index contributed by atoms with van der Waals surface area (Å²) in [4.78, 5) is 10.1. The number of rotatable bonds is 3. The van der Waals surface area contributed by atoms with Crippen molar-refractivity contribution >= 4 is 6.09 Å². The Labute approximate surface area is 58.9 Å². The highest BCUT2D eigenvalue weighted by Crippen LogP contribution is 1.95. The molecule has 0 aromatic heterocycles. The van der Waals surface area contributed by atoms with Gasteiger partial charge >= 0.3 is 6.09 Å². The first-order chi connectivity index (χ1) is 4.57. The van der Waals surface area contributed by atoms with Gasteiger partial charge in [0.05, 0.1) is 0 Å². The summed E-state index contributed by atoms with van der Waals surface area (Å²) in [5, 5.41) is 8.92. The molecule has 0 aliphatic heterocycles. The number of hydrogen-bond donors (Lipinski definition) is 3. The zero-order valence-electron chi connectivity index (χ0n) is 5.78. The van der Waals surface area contributed by atoms with Crippen LogP contribution >= 0.6 is 0 Å². The second-order valence-corrected chi connectivity index (χ2v) is 1.95. The second kappa shape index (κ2) is 4.08. The van der Waals surface area contributed by atoms with Crippen molar-refractivity contribution in [3.63, 3.8) is 0 Å². The summed E-state index contributed by atoms with van der Waals surface area (Å²) in [6.07, 6.45) is -2.38. The molecule has 0 radical (unpaired) electrons. The van der Waals surface area contributed by atoms with Crippen LogP contribution < -0.4 is 11.5 Å². The fourth-order valence-electron chi connectivity index (χ4n) is 0.453. The van der Waals surface area contributed by atoms with Crippen LogP contribution in [0.5, 0.6) is 0 Å². The fraction of sp³-hybridized carbons (Fsp3) is 0.800. The third kappa shape index (κ3) is 3.26. The van der Waals surface area contributed by atoms with Crippen molar-refractivity contribution in [2.75, 3.05) is 6.54 Å². The molecule has 0 aliphatic carbocycles. The monoisotopic (exact) mass is 148 g/mol. The summed E-state index contributed by atoms with van der Waals surface area (Å²) in [5.74, 6) is 0. The number of aliphatic hydroxyl groups is 1. The number of carbonyl (C=O) groups is 1. The molecule has 5 heteroatoms. The summed E-state index contributed by atoms with van der Waals surface area (Å²) < 4.78 is 4.41. The zero-order chi connectivity index (χ0) is 8.15. The molecule has 0 saturated heterocycles. The normalized spacial score (nSPS) is 15.9. The molecule has 1 amide bonds. The van der Waals surface area contributed by atoms with Gasteiger partial charge in [-0.25, -0.2) is 4.79 Å². The van der Waals surface area contributed by atoms with Crippen LogP contribution in [0.1, 0.15) is 6.92 Å². The molecular formula is C5H12N2O3. The molecule has 2 atom stereocenters. The minimum Gasteiger partial charge on any atom is -0.444 e. The van der Waals surface area contributed by atoms with Gasteiger partial charge in [0.1, 0.15) is 12.2 Å². The smallest absolute Gasteiger partial charge is 0.404 e. The average molecular weight is 148 g/mol. The Balaban J connectivity index is 3.61.